The standard InChI is InChI=1S/C3H5N3O.ClH/c7-6-3-1-2-4-5-6;/h1-3,5,7H;1H. The summed E-state index contributed by atoms with van der Waals surface area (Å²) in [6.07, 6.45) is 4.58. The Kier molecular flexibility index (Phi) is 2.98. The van der Waals surface area contributed by atoms with Gasteiger partial charge in [-0.25, -0.2) is 0 Å². The molecule has 0 aromatic rings. The SMILES string of the molecule is Cl.ON1C=CC=NN1. The van der Waals surface area contributed by atoms with Crippen LogP contribution in [0, 0.1) is 0 Å². The molecule has 2 N–H and O–H groups in total. The highest BCUT2D eigenvalue weighted by molar-refractivity contribution is 5.85. The van der Waals surface area contributed by atoms with Crippen molar-refractivity contribution in [2.75, 3.05) is 0 Å². The molecule has 0 saturated heterocycles. The van der Waals surface area contributed by atoms with Gasteiger partial charge >= 0.3 is 0 Å². The summed E-state index contributed by atoms with van der Waals surface area (Å²) in [5.41, 5.74) is 2.25. The van der Waals surface area contributed by atoms with E-state index in [-0.39, 0.29) is 12.4 Å². The Bertz CT molecular complexity index is 113. The fraction of sp³-hybridized carbons (Fsp3) is 0. The number of hydrogen-bond acceptors (Lipinski definition) is 4. The highest BCUT2D eigenvalue weighted by Crippen LogP contribution is 1.79. The van der Waals surface area contributed by atoms with Crippen molar-refractivity contribution in [2.45, 2.75) is 0 Å². The Balaban J connectivity index is 0.000000490. The maximum absolute atomic E-state index is 8.43. The molecule has 0 unspecified atom stereocenters. The number of halogens is 1. The van der Waals surface area contributed by atoms with Crippen molar-refractivity contribution in [1.82, 2.24) is 10.7 Å². The van der Waals surface area contributed by atoms with Gasteiger partial charge in [-0.3, -0.25) is 5.21 Å². The zero-order chi connectivity index (χ0) is 5.11. The molecule has 8 heavy (non-hydrogen) atoms. The lowest BCUT2D eigenvalue weighted by molar-refractivity contribution is -0.0890. The second kappa shape index (κ2) is 3.29. The topological polar surface area (TPSA) is 47.9 Å². The molecule has 1 rings (SSSR count). The number of hydrogen-bond donors (Lipinski definition) is 2. The van der Waals surface area contributed by atoms with Crippen LogP contribution in [0.5, 0.6) is 0 Å². The highest BCUT2D eigenvalue weighted by atomic mass is 35.5. The second-order valence-corrected chi connectivity index (χ2v) is 1.06. The molecule has 0 fully saturated rings. The van der Waals surface area contributed by atoms with Gasteiger partial charge in [0.2, 0.25) is 0 Å². The lowest BCUT2D eigenvalue weighted by atomic mass is 10.7. The van der Waals surface area contributed by atoms with E-state index in [4.69, 9.17) is 5.21 Å². The Labute approximate surface area is 52.8 Å². The number of nitrogens with one attached hydrogen (secondary N) is 1. The van der Waals surface area contributed by atoms with Gasteiger partial charge in [-0.15, -0.1) is 12.4 Å². The van der Waals surface area contributed by atoms with Crippen molar-refractivity contribution in [1.29, 1.82) is 0 Å². The molecule has 1 aliphatic heterocycles. The largest absolute Gasteiger partial charge is 0.268 e. The number of allylic oxidation sites excluding steroid dienone is 1. The van der Waals surface area contributed by atoms with Crippen LogP contribution in [0.3, 0.4) is 0 Å². The molecule has 0 atom stereocenters. The molecule has 46 valence electrons. The van der Waals surface area contributed by atoms with Crippen molar-refractivity contribution in [3.05, 3.63) is 12.3 Å². The van der Waals surface area contributed by atoms with Gasteiger partial charge in [0.15, 0.2) is 0 Å². The predicted molar refractivity (Wildman–Crippen MR) is 31.6 cm³/mol. The normalized spacial score (nSPS) is 14.9. The van der Waals surface area contributed by atoms with Gasteiger partial charge in [0.1, 0.15) is 0 Å². The maximum Gasteiger partial charge on any atom is 0.0547 e. The fourth-order valence-electron chi connectivity index (χ4n) is 0.289. The number of hydroxylamine groups is 1. The molecule has 0 bridgehead atoms. The summed E-state index contributed by atoms with van der Waals surface area (Å²) in [5.74, 6) is 0. The van der Waals surface area contributed by atoms with Gasteiger partial charge in [-0.05, 0) is 6.08 Å². The third-order valence-corrected chi connectivity index (χ3v) is 0.548. The van der Waals surface area contributed by atoms with Crippen LogP contribution >= 0.6 is 12.4 Å². The van der Waals surface area contributed by atoms with Gasteiger partial charge < -0.3 is 0 Å². The van der Waals surface area contributed by atoms with Crippen LogP contribution in [0.1, 0.15) is 0 Å². The van der Waals surface area contributed by atoms with Crippen LogP contribution in [-0.4, -0.2) is 16.6 Å². The first-order valence-electron chi connectivity index (χ1n) is 1.83. The number of nitrogens with zero attached hydrogens (tertiary/aromatic N) is 2. The molecule has 0 aromatic carbocycles. The molecule has 0 saturated carbocycles. The van der Waals surface area contributed by atoms with Crippen molar-refractivity contribution in [2.24, 2.45) is 5.10 Å². The molecule has 0 aliphatic carbocycles. The lowest BCUT2D eigenvalue weighted by Gasteiger charge is -2.10. The van der Waals surface area contributed by atoms with Crippen LogP contribution in [-0.2, 0) is 0 Å². The molecular formula is C3H6ClN3O. The van der Waals surface area contributed by atoms with Gasteiger partial charge in [0.05, 0.1) is 12.4 Å². The van der Waals surface area contributed by atoms with Gasteiger partial charge in [-0.2, -0.15) is 15.8 Å². The summed E-state index contributed by atoms with van der Waals surface area (Å²) in [6.45, 7) is 0. The zero-order valence-electron chi connectivity index (χ0n) is 3.98. The van der Waals surface area contributed by atoms with Crippen molar-refractivity contribution in [3.8, 4) is 0 Å². The number of hydrazine groups is 1. The molecule has 1 heterocycles. The summed E-state index contributed by atoms with van der Waals surface area (Å²) < 4.78 is 0. The minimum absolute atomic E-state index is 0. The van der Waals surface area contributed by atoms with E-state index in [0.717, 1.165) is 5.17 Å². The van der Waals surface area contributed by atoms with Gasteiger partial charge in [0, 0.05) is 0 Å². The molecule has 1 aliphatic rings. The first-order valence-corrected chi connectivity index (χ1v) is 1.83. The average Bonchev–Trinajstić information content (AvgIpc) is 1.69. The smallest absolute Gasteiger partial charge is 0.0547 e. The maximum atomic E-state index is 8.43. The first kappa shape index (κ1) is 7.26. The van der Waals surface area contributed by atoms with Crippen LogP contribution in [0.2, 0.25) is 0 Å². The van der Waals surface area contributed by atoms with Crippen LogP contribution < -0.4 is 5.53 Å². The fourth-order valence-corrected chi connectivity index (χ4v) is 0.289. The summed E-state index contributed by atoms with van der Waals surface area (Å²) in [4.78, 5) is 0. The van der Waals surface area contributed by atoms with Gasteiger partial charge in [-0.1, -0.05) is 0 Å². The average molecular weight is 136 g/mol. The van der Waals surface area contributed by atoms with E-state index in [2.05, 4.69) is 10.6 Å². The molecular weight excluding hydrogens is 130 g/mol. The molecule has 5 heteroatoms. The minimum Gasteiger partial charge on any atom is -0.268 e. The van der Waals surface area contributed by atoms with E-state index in [9.17, 15) is 0 Å². The quantitative estimate of drug-likeness (QED) is 0.496. The lowest BCUT2D eigenvalue weighted by Crippen LogP contribution is -2.26. The Morgan fingerprint density at radius 3 is 2.62 bits per heavy atom. The first-order chi connectivity index (χ1) is 3.39. The Morgan fingerprint density at radius 2 is 2.38 bits per heavy atom. The molecule has 0 aromatic heterocycles. The summed E-state index contributed by atoms with van der Waals surface area (Å²) in [5, 5.41) is 12.7. The molecule has 0 amide bonds. The van der Waals surface area contributed by atoms with E-state index < -0.39 is 0 Å². The predicted octanol–water partition coefficient (Wildman–Crippen LogP) is 0.117. The van der Waals surface area contributed by atoms with E-state index in [1.165, 1.54) is 12.4 Å². The zero-order valence-corrected chi connectivity index (χ0v) is 4.80. The van der Waals surface area contributed by atoms with E-state index in [0.29, 0.717) is 0 Å². The third-order valence-electron chi connectivity index (χ3n) is 0.548. The highest BCUT2D eigenvalue weighted by Gasteiger charge is 1.86. The summed E-state index contributed by atoms with van der Waals surface area (Å²) in [6, 6.07) is 0. The van der Waals surface area contributed by atoms with E-state index in [1.54, 1.807) is 6.08 Å². The molecule has 0 radical (unpaired) electrons. The van der Waals surface area contributed by atoms with E-state index >= 15 is 0 Å². The number of hydrazone groups is 1. The van der Waals surface area contributed by atoms with Crippen LogP contribution in [0.25, 0.3) is 0 Å². The summed E-state index contributed by atoms with van der Waals surface area (Å²) in [7, 11) is 0. The summed E-state index contributed by atoms with van der Waals surface area (Å²) >= 11 is 0. The van der Waals surface area contributed by atoms with Crippen molar-refractivity contribution in [3.63, 3.8) is 0 Å². The monoisotopic (exact) mass is 135 g/mol. The van der Waals surface area contributed by atoms with Crippen LogP contribution in [0.15, 0.2) is 17.4 Å². The van der Waals surface area contributed by atoms with Gasteiger partial charge in [0.25, 0.3) is 0 Å². The second-order valence-electron chi connectivity index (χ2n) is 1.06. The van der Waals surface area contributed by atoms with Crippen LogP contribution in [0.4, 0.5) is 0 Å². The third kappa shape index (κ3) is 1.81. The number of rotatable bonds is 0. The molecule has 0 spiro atoms. The minimum atomic E-state index is 0. The van der Waals surface area contributed by atoms with Crippen molar-refractivity contribution >= 4 is 18.6 Å². The van der Waals surface area contributed by atoms with Crippen molar-refractivity contribution < 1.29 is 5.21 Å². The van der Waals surface area contributed by atoms with E-state index in [1.807, 2.05) is 0 Å². The Hall–Kier alpha value is -0.740. The Morgan fingerprint density at radius 1 is 1.62 bits per heavy atom. The molecule has 4 nitrogen and oxygen atoms in total.